The molecule has 0 aromatic rings. The lowest BCUT2D eigenvalue weighted by Crippen LogP contribution is -2.56. The summed E-state index contributed by atoms with van der Waals surface area (Å²) >= 11 is 0. The molecule has 1 saturated heterocycles. The highest BCUT2D eigenvalue weighted by Crippen LogP contribution is 2.34. The second-order valence-corrected chi connectivity index (χ2v) is 5.61. The van der Waals surface area contributed by atoms with Crippen LogP contribution in [0, 0.1) is 0 Å². The Bertz CT molecular complexity index is 179. The Balaban J connectivity index is 2.81. The van der Waals surface area contributed by atoms with Gasteiger partial charge in [0, 0.05) is 23.7 Å². The van der Waals surface area contributed by atoms with E-state index in [-0.39, 0.29) is 11.1 Å². The molecule has 1 heterocycles. The van der Waals surface area contributed by atoms with Crippen LogP contribution in [0.25, 0.3) is 0 Å². The van der Waals surface area contributed by atoms with Gasteiger partial charge in [0.2, 0.25) is 0 Å². The van der Waals surface area contributed by atoms with Crippen LogP contribution < -0.4 is 5.32 Å². The molecule has 1 fully saturated rings. The Labute approximate surface area is 82.7 Å². The van der Waals surface area contributed by atoms with Gasteiger partial charge in [-0.2, -0.15) is 0 Å². The van der Waals surface area contributed by atoms with Crippen molar-refractivity contribution in [3.05, 3.63) is 0 Å². The van der Waals surface area contributed by atoms with Gasteiger partial charge < -0.3 is 5.32 Å². The summed E-state index contributed by atoms with van der Waals surface area (Å²) < 4.78 is 0. The van der Waals surface area contributed by atoms with Crippen LogP contribution in [0.5, 0.6) is 0 Å². The molecule has 13 heavy (non-hydrogen) atoms. The van der Waals surface area contributed by atoms with Crippen molar-refractivity contribution in [3.8, 4) is 0 Å². The molecule has 2 heteroatoms. The Morgan fingerprint density at radius 1 is 1.31 bits per heavy atom. The van der Waals surface area contributed by atoms with Gasteiger partial charge in [-0.1, -0.05) is 0 Å². The summed E-state index contributed by atoms with van der Waals surface area (Å²) in [7, 11) is 2.07. The van der Waals surface area contributed by atoms with Gasteiger partial charge in [0.1, 0.15) is 0 Å². The minimum atomic E-state index is 0.285. The van der Waals surface area contributed by atoms with Crippen LogP contribution in [0.4, 0.5) is 0 Å². The van der Waals surface area contributed by atoms with E-state index in [2.05, 4.69) is 51.9 Å². The van der Waals surface area contributed by atoms with E-state index in [9.17, 15) is 0 Å². The van der Waals surface area contributed by atoms with Gasteiger partial charge in [0.15, 0.2) is 0 Å². The first kappa shape index (κ1) is 11.0. The quantitative estimate of drug-likeness (QED) is 0.669. The second-order valence-electron chi connectivity index (χ2n) is 5.61. The topological polar surface area (TPSA) is 15.3 Å². The van der Waals surface area contributed by atoms with Crippen molar-refractivity contribution in [1.82, 2.24) is 10.2 Å². The SMILES string of the molecule is CNC1CCN(C(C)(C)C)C1(C)C. The molecule has 0 radical (unpaired) electrons. The Morgan fingerprint density at radius 2 is 1.85 bits per heavy atom. The maximum Gasteiger partial charge on any atom is 0.0311 e. The lowest BCUT2D eigenvalue weighted by atomic mass is 9.92. The first-order valence-electron chi connectivity index (χ1n) is 5.25. The maximum absolute atomic E-state index is 3.41. The third-order valence-corrected chi connectivity index (χ3v) is 3.35. The van der Waals surface area contributed by atoms with Crippen molar-refractivity contribution in [2.24, 2.45) is 0 Å². The summed E-state index contributed by atoms with van der Waals surface area (Å²) in [6.07, 6.45) is 1.26. The highest BCUT2D eigenvalue weighted by molar-refractivity contribution is 5.03. The fraction of sp³-hybridized carbons (Fsp3) is 1.00. The molecule has 2 nitrogen and oxygen atoms in total. The van der Waals surface area contributed by atoms with Gasteiger partial charge >= 0.3 is 0 Å². The zero-order chi connectivity index (χ0) is 10.3. The predicted octanol–water partition coefficient (Wildman–Crippen LogP) is 1.86. The van der Waals surface area contributed by atoms with Crippen LogP contribution >= 0.6 is 0 Å². The molecule has 1 aliphatic heterocycles. The van der Waals surface area contributed by atoms with Crippen LogP contribution in [0.15, 0.2) is 0 Å². The number of hydrogen-bond donors (Lipinski definition) is 1. The van der Waals surface area contributed by atoms with E-state index in [1.807, 2.05) is 0 Å². The van der Waals surface area contributed by atoms with Gasteiger partial charge in [-0.15, -0.1) is 0 Å². The molecular formula is C11H24N2. The summed E-state index contributed by atoms with van der Waals surface area (Å²) in [4.78, 5) is 2.60. The summed E-state index contributed by atoms with van der Waals surface area (Å²) in [5, 5.41) is 3.41. The van der Waals surface area contributed by atoms with Gasteiger partial charge in [-0.3, -0.25) is 4.90 Å². The van der Waals surface area contributed by atoms with E-state index in [4.69, 9.17) is 0 Å². The number of nitrogens with zero attached hydrogens (tertiary/aromatic N) is 1. The fourth-order valence-electron chi connectivity index (χ4n) is 2.79. The monoisotopic (exact) mass is 184 g/mol. The first-order valence-corrected chi connectivity index (χ1v) is 5.25. The lowest BCUT2D eigenvalue weighted by Gasteiger charge is -2.44. The molecule has 0 aliphatic carbocycles. The van der Waals surface area contributed by atoms with Crippen LogP contribution in [0.3, 0.4) is 0 Å². The average Bonchev–Trinajstić information content (AvgIpc) is 2.22. The Morgan fingerprint density at radius 3 is 2.08 bits per heavy atom. The van der Waals surface area contributed by atoms with Crippen LogP contribution in [0.2, 0.25) is 0 Å². The largest absolute Gasteiger partial charge is 0.315 e. The molecule has 1 unspecified atom stereocenters. The highest BCUT2D eigenvalue weighted by atomic mass is 15.3. The molecular weight excluding hydrogens is 160 g/mol. The van der Waals surface area contributed by atoms with Crippen molar-refractivity contribution in [2.75, 3.05) is 13.6 Å². The lowest BCUT2D eigenvalue weighted by molar-refractivity contribution is 0.0569. The molecule has 0 aromatic heterocycles. The predicted molar refractivity (Wildman–Crippen MR) is 58.0 cm³/mol. The number of likely N-dealkylation sites (tertiary alicyclic amines) is 1. The zero-order valence-electron chi connectivity index (χ0n) is 9.94. The molecule has 1 rings (SSSR count). The number of nitrogens with one attached hydrogen (secondary N) is 1. The zero-order valence-corrected chi connectivity index (χ0v) is 9.94. The highest BCUT2D eigenvalue weighted by Gasteiger charge is 2.44. The van der Waals surface area contributed by atoms with Crippen molar-refractivity contribution in [3.63, 3.8) is 0 Å². The standard InChI is InChI=1S/C11H24N2/c1-10(2,3)13-8-7-9(12-6)11(13,4)5/h9,12H,7-8H2,1-6H3. The average molecular weight is 184 g/mol. The van der Waals surface area contributed by atoms with Gasteiger partial charge in [0.05, 0.1) is 0 Å². The van der Waals surface area contributed by atoms with Crippen LogP contribution in [0.1, 0.15) is 41.0 Å². The second kappa shape index (κ2) is 3.25. The minimum Gasteiger partial charge on any atom is -0.315 e. The molecule has 0 saturated carbocycles. The van der Waals surface area contributed by atoms with Gasteiger partial charge in [0.25, 0.3) is 0 Å². The molecule has 1 N–H and O–H groups in total. The fourth-order valence-corrected chi connectivity index (χ4v) is 2.79. The van der Waals surface area contributed by atoms with Crippen LogP contribution in [-0.2, 0) is 0 Å². The van der Waals surface area contributed by atoms with Crippen molar-refractivity contribution >= 4 is 0 Å². The first-order chi connectivity index (χ1) is 5.80. The molecule has 0 spiro atoms. The van der Waals surface area contributed by atoms with Crippen molar-refractivity contribution in [2.45, 2.75) is 58.2 Å². The molecule has 78 valence electrons. The van der Waals surface area contributed by atoms with Gasteiger partial charge in [-0.25, -0.2) is 0 Å². The van der Waals surface area contributed by atoms with E-state index in [1.54, 1.807) is 0 Å². The number of rotatable bonds is 1. The minimum absolute atomic E-state index is 0.285. The van der Waals surface area contributed by atoms with E-state index >= 15 is 0 Å². The maximum atomic E-state index is 3.41. The summed E-state index contributed by atoms with van der Waals surface area (Å²) in [5.74, 6) is 0. The van der Waals surface area contributed by atoms with Gasteiger partial charge in [-0.05, 0) is 48.1 Å². The smallest absolute Gasteiger partial charge is 0.0311 e. The van der Waals surface area contributed by atoms with Crippen LogP contribution in [-0.4, -0.2) is 35.6 Å². The summed E-state index contributed by atoms with van der Waals surface area (Å²) in [6.45, 7) is 12.8. The normalized spacial score (nSPS) is 29.5. The van der Waals surface area contributed by atoms with E-state index in [1.165, 1.54) is 13.0 Å². The third kappa shape index (κ3) is 1.89. The molecule has 0 aromatic carbocycles. The van der Waals surface area contributed by atoms with Crippen molar-refractivity contribution < 1.29 is 0 Å². The summed E-state index contributed by atoms with van der Waals surface area (Å²) in [5.41, 5.74) is 0.572. The molecule has 1 aliphatic rings. The molecule has 0 amide bonds. The number of likely N-dealkylation sites (N-methyl/N-ethyl adjacent to an activating group) is 1. The number of hydrogen-bond acceptors (Lipinski definition) is 2. The van der Waals surface area contributed by atoms with E-state index in [0.29, 0.717) is 6.04 Å². The summed E-state index contributed by atoms with van der Waals surface area (Å²) in [6, 6.07) is 0.631. The molecule has 0 bridgehead atoms. The Hall–Kier alpha value is -0.0800. The Kier molecular flexibility index (Phi) is 2.75. The van der Waals surface area contributed by atoms with Crippen molar-refractivity contribution in [1.29, 1.82) is 0 Å². The molecule has 1 atom stereocenters. The van der Waals surface area contributed by atoms with E-state index in [0.717, 1.165) is 0 Å². The third-order valence-electron chi connectivity index (χ3n) is 3.35. The van der Waals surface area contributed by atoms with E-state index < -0.39 is 0 Å².